The second-order valence-electron chi connectivity index (χ2n) is 8.57. The van der Waals surface area contributed by atoms with Crippen molar-refractivity contribution in [1.82, 2.24) is 5.32 Å². The summed E-state index contributed by atoms with van der Waals surface area (Å²) in [4.78, 5) is 12.3. The van der Waals surface area contributed by atoms with Crippen LogP contribution >= 0.6 is 0 Å². The first-order valence-corrected chi connectivity index (χ1v) is 10.2. The molecule has 0 saturated carbocycles. The van der Waals surface area contributed by atoms with Crippen LogP contribution < -0.4 is 16.8 Å². The Morgan fingerprint density at radius 3 is 2.32 bits per heavy atom. The zero-order chi connectivity index (χ0) is 22.6. The molecule has 0 aliphatic carbocycles. The molecule has 8 heteroatoms. The number of para-hydroxylation sites is 1. The molecule has 1 heterocycles. The highest BCUT2D eigenvalue weighted by Crippen LogP contribution is 2.39. The minimum Gasteiger partial charge on any atom is -0.445 e. The van der Waals surface area contributed by atoms with E-state index in [1.165, 1.54) is 0 Å². The third-order valence-electron chi connectivity index (χ3n) is 5.72. The van der Waals surface area contributed by atoms with E-state index in [-0.39, 0.29) is 13.2 Å². The summed E-state index contributed by atoms with van der Waals surface area (Å²) in [5, 5.41) is 2.78. The highest BCUT2D eigenvalue weighted by atomic mass is 16.7. The van der Waals surface area contributed by atoms with Gasteiger partial charge in [-0.2, -0.15) is 0 Å². The lowest BCUT2D eigenvalue weighted by Crippen LogP contribution is -2.41. The molecule has 1 fully saturated rings. The third kappa shape index (κ3) is 5.40. The number of nitrogens with two attached hydrogens (primary N) is 2. The molecule has 31 heavy (non-hydrogen) atoms. The number of amides is 1. The lowest BCUT2D eigenvalue weighted by atomic mass is 9.77. The standard InChI is InChI=1S/C23H30BN3O4/c1-22(2)23(3,4)31-24(30-22)18(13-17-11-8-12-19(25)20(17)26)14-27-21(28)29-15-16-9-6-5-7-10-16/h5-13H,14-15,25-26H2,1-4H3,(H,27,28). The van der Waals surface area contributed by atoms with Crippen molar-refractivity contribution in [3.05, 3.63) is 65.1 Å². The fourth-order valence-electron chi connectivity index (χ4n) is 3.07. The highest BCUT2D eigenvalue weighted by Gasteiger charge is 2.52. The molecule has 2 aromatic carbocycles. The summed E-state index contributed by atoms with van der Waals surface area (Å²) in [6.45, 7) is 8.24. The van der Waals surface area contributed by atoms with Gasteiger partial charge in [0.15, 0.2) is 0 Å². The number of nitrogen functional groups attached to an aromatic ring is 2. The number of carbonyl (C=O) groups excluding carboxylic acids is 1. The average Bonchev–Trinajstić information content (AvgIpc) is 2.94. The van der Waals surface area contributed by atoms with Crippen molar-refractivity contribution in [2.24, 2.45) is 0 Å². The fraction of sp³-hybridized carbons (Fsp3) is 0.348. The maximum atomic E-state index is 12.3. The Labute approximate surface area is 183 Å². The van der Waals surface area contributed by atoms with Crippen LogP contribution in [-0.2, 0) is 20.7 Å². The second-order valence-corrected chi connectivity index (χ2v) is 8.57. The number of carbonyl (C=O) groups is 1. The Kier molecular flexibility index (Phi) is 6.62. The summed E-state index contributed by atoms with van der Waals surface area (Å²) in [6.07, 6.45) is 1.30. The van der Waals surface area contributed by atoms with Crippen molar-refractivity contribution in [2.75, 3.05) is 18.0 Å². The molecular formula is C23H30BN3O4. The van der Waals surface area contributed by atoms with Crippen LogP contribution in [-0.4, -0.2) is 31.0 Å². The van der Waals surface area contributed by atoms with Crippen molar-refractivity contribution >= 4 is 30.7 Å². The molecule has 164 valence electrons. The summed E-state index contributed by atoms with van der Waals surface area (Å²) in [5.74, 6) is 0. The Hall–Kier alpha value is -2.97. The minimum atomic E-state index is -0.653. The largest absolute Gasteiger partial charge is 0.492 e. The minimum absolute atomic E-state index is 0.165. The second kappa shape index (κ2) is 9.04. The molecule has 1 aliphatic rings. The van der Waals surface area contributed by atoms with E-state index in [1.54, 1.807) is 6.07 Å². The maximum absolute atomic E-state index is 12.3. The normalized spacial score (nSPS) is 17.4. The Balaban J connectivity index is 1.75. The van der Waals surface area contributed by atoms with Gasteiger partial charge in [-0.1, -0.05) is 48.5 Å². The van der Waals surface area contributed by atoms with Crippen molar-refractivity contribution < 1.29 is 18.8 Å². The molecule has 1 saturated heterocycles. The number of benzene rings is 2. The van der Waals surface area contributed by atoms with Crippen LogP contribution in [0.1, 0.15) is 38.8 Å². The molecule has 5 N–H and O–H groups in total. The Bertz CT molecular complexity index is 945. The number of hydrogen-bond acceptors (Lipinski definition) is 6. The monoisotopic (exact) mass is 423 g/mol. The lowest BCUT2D eigenvalue weighted by molar-refractivity contribution is 0.00578. The van der Waals surface area contributed by atoms with Gasteiger partial charge >= 0.3 is 13.2 Å². The predicted molar refractivity (Wildman–Crippen MR) is 124 cm³/mol. The smallest absolute Gasteiger partial charge is 0.445 e. The van der Waals surface area contributed by atoms with E-state index in [0.29, 0.717) is 16.8 Å². The van der Waals surface area contributed by atoms with E-state index in [2.05, 4.69) is 5.32 Å². The molecule has 3 rings (SSSR count). The first-order valence-electron chi connectivity index (χ1n) is 10.2. The Morgan fingerprint density at radius 2 is 1.68 bits per heavy atom. The van der Waals surface area contributed by atoms with Gasteiger partial charge in [0.2, 0.25) is 0 Å². The van der Waals surface area contributed by atoms with Gasteiger partial charge in [-0.25, -0.2) is 4.79 Å². The van der Waals surface area contributed by atoms with E-state index in [1.807, 2.05) is 76.2 Å². The molecule has 2 aromatic rings. The van der Waals surface area contributed by atoms with Crippen molar-refractivity contribution in [3.8, 4) is 0 Å². The van der Waals surface area contributed by atoms with Crippen LogP contribution in [0.2, 0.25) is 0 Å². The van der Waals surface area contributed by atoms with Gasteiger partial charge in [-0.15, -0.1) is 0 Å². The van der Waals surface area contributed by atoms with Gasteiger partial charge in [0, 0.05) is 6.54 Å². The van der Waals surface area contributed by atoms with E-state index in [4.69, 9.17) is 25.5 Å². The number of alkyl carbamates (subject to hydrolysis) is 1. The molecule has 7 nitrogen and oxygen atoms in total. The number of hydrogen-bond donors (Lipinski definition) is 3. The molecule has 1 amide bonds. The number of ether oxygens (including phenoxy) is 1. The summed E-state index contributed by atoms with van der Waals surface area (Å²) in [7, 11) is -0.653. The van der Waals surface area contributed by atoms with Crippen molar-refractivity contribution in [2.45, 2.75) is 45.5 Å². The van der Waals surface area contributed by atoms with Gasteiger partial charge < -0.3 is 30.8 Å². The molecule has 0 unspecified atom stereocenters. The molecular weight excluding hydrogens is 393 g/mol. The van der Waals surface area contributed by atoms with Crippen molar-refractivity contribution in [1.29, 1.82) is 0 Å². The van der Waals surface area contributed by atoms with Gasteiger partial charge in [0.05, 0.1) is 22.6 Å². The lowest BCUT2D eigenvalue weighted by Gasteiger charge is -2.32. The number of rotatable bonds is 6. The molecule has 0 spiro atoms. The maximum Gasteiger partial charge on any atom is 0.492 e. The number of anilines is 2. The van der Waals surface area contributed by atoms with Gasteiger partial charge in [-0.05, 0) is 50.4 Å². The summed E-state index contributed by atoms with van der Waals surface area (Å²) in [6, 6.07) is 14.9. The predicted octanol–water partition coefficient (Wildman–Crippen LogP) is 3.79. The first kappa shape index (κ1) is 22.7. The van der Waals surface area contributed by atoms with Crippen LogP contribution in [0, 0.1) is 0 Å². The summed E-state index contributed by atoms with van der Waals surface area (Å²) in [5.41, 5.74) is 14.3. The zero-order valence-corrected chi connectivity index (χ0v) is 18.5. The summed E-state index contributed by atoms with van der Waals surface area (Å²) >= 11 is 0. The van der Waals surface area contributed by atoms with E-state index >= 15 is 0 Å². The SMILES string of the molecule is CC1(C)OB(C(=Cc2cccc(N)c2N)CNC(=O)OCc2ccccc2)OC1(C)C. The topological polar surface area (TPSA) is 109 Å². The van der Waals surface area contributed by atoms with Crippen molar-refractivity contribution in [3.63, 3.8) is 0 Å². The van der Waals surface area contributed by atoms with Crippen LogP contribution in [0.3, 0.4) is 0 Å². The van der Waals surface area contributed by atoms with E-state index < -0.39 is 24.4 Å². The first-order chi connectivity index (χ1) is 14.6. The van der Waals surface area contributed by atoms with Crippen LogP contribution in [0.15, 0.2) is 54.0 Å². The quantitative estimate of drug-likeness (QED) is 0.482. The fourth-order valence-corrected chi connectivity index (χ4v) is 3.07. The van der Waals surface area contributed by atoms with Gasteiger partial charge in [0.25, 0.3) is 0 Å². The van der Waals surface area contributed by atoms with Gasteiger partial charge in [-0.3, -0.25) is 0 Å². The third-order valence-corrected chi connectivity index (χ3v) is 5.72. The van der Waals surface area contributed by atoms with Crippen LogP contribution in [0.5, 0.6) is 0 Å². The average molecular weight is 423 g/mol. The molecule has 0 bridgehead atoms. The molecule has 1 aliphatic heterocycles. The van der Waals surface area contributed by atoms with E-state index in [0.717, 1.165) is 11.1 Å². The van der Waals surface area contributed by atoms with Crippen LogP contribution in [0.4, 0.5) is 16.2 Å². The molecule has 0 aromatic heterocycles. The number of nitrogens with one attached hydrogen (secondary N) is 1. The van der Waals surface area contributed by atoms with Crippen LogP contribution in [0.25, 0.3) is 6.08 Å². The van der Waals surface area contributed by atoms with Gasteiger partial charge in [0.1, 0.15) is 6.61 Å². The Morgan fingerprint density at radius 1 is 1.03 bits per heavy atom. The molecule has 0 atom stereocenters. The highest BCUT2D eigenvalue weighted by molar-refractivity contribution is 6.56. The summed E-state index contributed by atoms with van der Waals surface area (Å²) < 4.78 is 17.7. The zero-order valence-electron chi connectivity index (χ0n) is 18.5. The molecule has 0 radical (unpaired) electrons. The van der Waals surface area contributed by atoms with E-state index in [9.17, 15) is 4.79 Å².